The minimum Gasteiger partial charge on any atom is -0.378 e. The quantitative estimate of drug-likeness (QED) is 0.714. The van der Waals surface area contributed by atoms with E-state index in [9.17, 15) is 12.3 Å². The van der Waals surface area contributed by atoms with Crippen molar-refractivity contribution in [3.8, 4) is 0 Å². The third-order valence-corrected chi connectivity index (χ3v) is 3.14. The summed E-state index contributed by atoms with van der Waals surface area (Å²) in [5, 5.41) is 0. The normalized spacial score (nSPS) is 17.4. The summed E-state index contributed by atoms with van der Waals surface area (Å²) in [7, 11) is -4.66. The van der Waals surface area contributed by atoms with Gasteiger partial charge in [-0.3, -0.25) is 0 Å². The van der Waals surface area contributed by atoms with Crippen molar-refractivity contribution in [2.75, 3.05) is 31.2 Å². The molecule has 16 heavy (non-hydrogen) atoms. The van der Waals surface area contributed by atoms with Crippen LogP contribution in [0.1, 0.15) is 0 Å². The van der Waals surface area contributed by atoms with Gasteiger partial charge < -0.3 is 9.64 Å². The van der Waals surface area contributed by atoms with E-state index in [1.807, 2.05) is 4.90 Å². The topological polar surface area (TPSA) is 59.5 Å². The Morgan fingerprint density at radius 2 is 2.00 bits per heavy atom. The third kappa shape index (κ3) is 2.48. The van der Waals surface area contributed by atoms with Gasteiger partial charge in [-0.2, -0.15) is 8.42 Å². The number of hydrogen-bond donors (Lipinski definition) is 0. The van der Waals surface area contributed by atoms with Gasteiger partial charge in [-0.25, -0.2) is 4.98 Å². The van der Waals surface area contributed by atoms with E-state index < -0.39 is 15.1 Å². The van der Waals surface area contributed by atoms with Crippen LogP contribution < -0.4 is 4.90 Å². The molecule has 1 saturated heterocycles. The number of morpholine rings is 1. The molecule has 0 bridgehead atoms. The van der Waals surface area contributed by atoms with Gasteiger partial charge in [0.05, 0.1) is 19.4 Å². The molecule has 5 nitrogen and oxygen atoms in total. The van der Waals surface area contributed by atoms with Crippen molar-refractivity contribution in [1.82, 2.24) is 4.98 Å². The van der Waals surface area contributed by atoms with Gasteiger partial charge in [0.1, 0.15) is 10.7 Å². The van der Waals surface area contributed by atoms with E-state index in [1.165, 1.54) is 12.1 Å². The maximum atomic E-state index is 12.6. The maximum absolute atomic E-state index is 12.6. The monoisotopic (exact) mass is 246 g/mol. The van der Waals surface area contributed by atoms with E-state index in [2.05, 4.69) is 4.98 Å². The van der Waals surface area contributed by atoms with E-state index in [-0.39, 0.29) is 0 Å². The zero-order chi connectivity index (χ0) is 11.6. The molecule has 1 fully saturated rings. The second-order valence-corrected chi connectivity index (χ2v) is 4.74. The van der Waals surface area contributed by atoms with Crippen LogP contribution in [-0.2, 0) is 15.0 Å². The summed E-state index contributed by atoms with van der Waals surface area (Å²) in [6.07, 6.45) is 1.03. The van der Waals surface area contributed by atoms with Crippen LogP contribution in [0.2, 0.25) is 0 Å². The molecule has 0 N–H and O–H groups in total. The van der Waals surface area contributed by atoms with Crippen LogP contribution in [0.15, 0.2) is 23.2 Å². The molecule has 88 valence electrons. The molecule has 0 amide bonds. The molecular weight excluding hydrogens is 235 g/mol. The van der Waals surface area contributed by atoms with Crippen molar-refractivity contribution in [3.05, 3.63) is 18.3 Å². The van der Waals surface area contributed by atoms with E-state index in [0.29, 0.717) is 32.1 Å². The fraction of sp³-hybridized carbons (Fsp3) is 0.444. The average Bonchev–Trinajstić information content (AvgIpc) is 2.29. The number of aromatic nitrogens is 1. The second-order valence-electron chi connectivity index (χ2n) is 3.39. The highest BCUT2D eigenvalue weighted by Crippen LogP contribution is 2.16. The molecule has 0 atom stereocenters. The Hall–Kier alpha value is -1.21. The Morgan fingerprint density at radius 3 is 2.50 bits per heavy atom. The van der Waals surface area contributed by atoms with Gasteiger partial charge in [0.15, 0.2) is 0 Å². The predicted octanol–water partition coefficient (Wildman–Crippen LogP) is 0.576. The standard InChI is InChI=1S/C9H11FN2O3S/c10-16(13,14)8-1-2-9(11-7-8)12-3-5-15-6-4-12/h1-2,7H,3-6H2. The fourth-order valence-electron chi connectivity index (χ4n) is 1.50. The Balaban J connectivity index is 2.18. The molecule has 0 unspecified atom stereocenters. The fourth-order valence-corrected chi connectivity index (χ4v) is 1.91. The lowest BCUT2D eigenvalue weighted by Gasteiger charge is -2.27. The summed E-state index contributed by atoms with van der Waals surface area (Å²) in [6.45, 7) is 2.64. The minimum absolute atomic E-state index is 0.412. The molecule has 1 aliphatic rings. The van der Waals surface area contributed by atoms with Crippen LogP contribution in [0.25, 0.3) is 0 Å². The van der Waals surface area contributed by atoms with Crippen LogP contribution in [0, 0.1) is 0 Å². The number of pyridine rings is 1. The lowest BCUT2D eigenvalue weighted by Crippen LogP contribution is -2.36. The van der Waals surface area contributed by atoms with Crippen LogP contribution in [0.3, 0.4) is 0 Å². The van der Waals surface area contributed by atoms with Crippen molar-refractivity contribution in [3.63, 3.8) is 0 Å². The molecule has 0 radical (unpaired) electrons. The number of hydrogen-bond acceptors (Lipinski definition) is 5. The highest BCUT2D eigenvalue weighted by molar-refractivity contribution is 7.86. The van der Waals surface area contributed by atoms with Crippen molar-refractivity contribution in [1.29, 1.82) is 0 Å². The first-order valence-electron chi connectivity index (χ1n) is 4.81. The molecule has 1 aliphatic heterocycles. The van der Waals surface area contributed by atoms with Crippen LogP contribution in [-0.4, -0.2) is 39.7 Å². The average molecular weight is 246 g/mol. The van der Waals surface area contributed by atoms with E-state index >= 15 is 0 Å². The number of halogens is 1. The van der Waals surface area contributed by atoms with Gasteiger partial charge in [0.2, 0.25) is 0 Å². The Bertz CT molecular complexity index is 454. The molecule has 2 rings (SSSR count). The van der Waals surface area contributed by atoms with Gasteiger partial charge in [-0.1, -0.05) is 0 Å². The number of anilines is 1. The van der Waals surface area contributed by atoms with Crippen molar-refractivity contribution in [2.24, 2.45) is 0 Å². The summed E-state index contributed by atoms with van der Waals surface area (Å²) in [6, 6.07) is 2.71. The first-order valence-corrected chi connectivity index (χ1v) is 6.19. The zero-order valence-corrected chi connectivity index (χ0v) is 9.28. The van der Waals surface area contributed by atoms with Gasteiger partial charge in [0.25, 0.3) is 0 Å². The predicted molar refractivity (Wildman–Crippen MR) is 55.6 cm³/mol. The second kappa shape index (κ2) is 4.34. The lowest BCUT2D eigenvalue weighted by molar-refractivity contribution is 0.122. The first kappa shape index (κ1) is 11.3. The molecule has 0 aromatic carbocycles. The third-order valence-electron chi connectivity index (χ3n) is 2.34. The van der Waals surface area contributed by atoms with Gasteiger partial charge in [-0.05, 0) is 12.1 Å². The highest BCUT2D eigenvalue weighted by atomic mass is 32.3. The smallest absolute Gasteiger partial charge is 0.333 e. The van der Waals surface area contributed by atoms with Gasteiger partial charge in [-0.15, -0.1) is 3.89 Å². The SMILES string of the molecule is O=S(=O)(F)c1ccc(N2CCOCC2)nc1. The molecule has 7 heteroatoms. The van der Waals surface area contributed by atoms with Crippen LogP contribution >= 0.6 is 0 Å². The molecule has 1 aromatic rings. The Morgan fingerprint density at radius 1 is 1.31 bits per heavy atom. The highest BCUT2D eigenvalue weighted by Gasteiger charge is 2.15. The Labute approximate surface area is 93.1 Å². The molecule has 1 aromatic heterocycles. The number of nitrogens with zero attached hydrogens (tertiary/aromatic N) is 2. The van der Waals surface area contributed by atoms with E-state index in [1.54, 1.807) is 0 Å². The molecule has 2 heterocycles. The number of rotatable bonds is 2. The lowest BCUT2D eigenvalue weighted by atomic mass is 10.4. The largest absolute Gasteiger partial charge is 0.378 e. The Kier molecular flexibility index (Phi) is 3.06. The van der Waals surface area contributed by atoms with E-state index in [4.69, 9.17) is 4.74 Å². The summed E-state index contributed by atoms with van der Waals surface area (Å²) in [5.74, 6) is 0.635. The minimum atomic E-state index is -4.66. The van der Waals surface area contributed by atoms with Crippen molar-refractivity contribution < 1.29 is 17.0 Å². The van der Waals surface area contributed by atoms with Crippen molar-refractivity contribution in [2.45, 2.75) is 4.90 Å². The summed E-state index contributed by atoms with van der Waals surface area (Å²) < 4.78 is 38.9. The van der Waals surface area contributed by atoms with E-state index in [0.717, 1.165) is 6.20 Å². The molecular formula is C9H11FN2O3S. The van der Waals surface area contributed by atoms with Crippen LogP contribution in [0.4, 0.5) is 9.70 Å². The van der Waals surface area contributed by atoms with Gasteiger partial charge >= 0.3 is 10.2 Å². The summed E-state index contributed by atoms with van der Waals surface area (Å²) in [5.41, 5.74) is 0. The van der Waals surface area contributed by atoms with Crippen LogP contribution in [0.5, 0.6) is 0 Å². The summed E-state index contributed by atoms with van der Waals surface area (Å²) >= 11 is 0. The first-order chi connectivity index (χ1) is 7.57. The number of ether oxygens (including phenoxy) is 1. The van der Waals surface area contributed by atoms with Gasteiger partial charge in [0, 0.05) is 13.1 Å². The maximum Gasteiger partial charge on any atom is 0.333 e. The van der Waals surface area contributed by atoms with Crippen molar-refractivity contribution >= 4 is 16.0 Å². The zero-order valence-electron chi connectivity index (χ0n) is 8.47. The molecule has 0 aliphatic carbocycles. The summed E-state index contributed by atoms with van der Waals surface area (Å²) in [4.78, 5) is 5.46. The molecule has 0 saturated carbocycles. The molecule has 0 spiro atoms.